The third kappa shape index (κ3) is 2.88. The zero-order valence-electron chi connectivity index (χ0n) is 16.3. The molecule has 0 radical (unpaired) electrons. The van der Waals surface area contributed by atoms with E-state index in [-0.39, 0.29) is 22.5 Å². The summed E-state index contributed by atoms with van der Waals surface area (Å²) >= 11 is 0. The molecule has 134 valence electrons. The fourth-order valence-corrected chi connectivity index (χ4v) is 6.05. The van der Waals surface area contributed by atoms with Crippen LogP contribution in [0.5, 0.6) is 0 Å². The fraction of sp³-hybridized carbons (Fsp3) is 0.762. The molecule has 0 aromatic rings. The Kier molecular flexibility index (Phi) is 4.49. The predicted molar refractivity (Wildman–Crippen MR) is 102 cm³/mol. The molecule has 0 amide bonds. The molecule has 0 unspecified atom stereocenters. The molecule has 0 aliphatic heterocycles. The molecular weight excluding hydrogens is 312 g/mol. The lowest BCUT2D eigenvalue weighted by Crippen LogP contribution is -2.55. The number of rotatable bonds is 2. The molecule has 0 saturated heterocycles. The molecule has 0 heterocycles. The van der Waals surface area contributed by atoms with Gasteiger partial charge in [0, 0.05) is 11.3 Å². The van der Waals surface area contributed by atoms with Gasteiger partial charge in [0.25, 0.3) is 0 Å². The Morgan fingerprint density at radius 1 is 1.25 bits per heavy atom. The van der Waals surface area contributed by atoms with E-state index in [1.54, 1.807) is 0 Å². The smallest absolute Gasteiger partial charge is 0.192 e. The number of fused-ring (bicyclic) bond motifs is 1. The average Bonchev–Trinajstić information content (AvgIpc) is 2.56. The Hall–Kier alpha value is -0.673. The van der Waals surface area contributed by atoms with Gasteiger partial charge in [-0.15, -0.1) is 0 Å². The maximum Gasteiger partial charge on any atom is 0.192 e. The molecular formula is C21H34O2Si. The van der Waals surface area contributed by atoms with E-state index in [9.17, 15) is 4.79 Å². The molecule has 0 N–H and O–H groups in total. The van der Waals surface area contributed by atoms with Crippen LogP contribution in [-0.2, 0) is 9.22 Å². The van der Waals surface area contributed by atoms with Gasteiger partial charge in [0.1, 0.15) is 0 Å². The van der Waals surface area contributed by atoms with Crippen LogP contribution in [-0.4, -0.2) is 20.2 Å². The molecule has 3 aliphatic rings. The van der Waals surface area contributed by atoms with Crippen molar-refractivity contribution < 1.29 is 9.22 Å². The zero-order chi connectivity index (χ0) is 17.8. The molecule has 24 heavy (non-hydrogen) atoms. The van der Waals surface area contributed by atoms with E-state index < -0.39 is 8.32 Å². The highest BCUT2D eigenvalue weighted by molar-refractivity contribution is 6.74. The van der Waals surface area contributed by atoms with E-state index in [1.807, 2.05) is 6.08 Å². The van der Waals surface area contributed by atoms with Crippen LogP contribution in [0.15, 0.2) is 23.8 Å². The molecule has 1 saturated carbocycles. The summed E-state index contributed by atoms with van der Waals surface area (Å²) in [6.45, 7) is 13.8. The Balaban J connectivity index is 2.03. The highest BCUT2D eigenvalue weighted by Crippen LogP contribution is 2.57. The Labute approximate surface area is 148 Å². The second-order valence-corrected chi connectivity index (χ2v) is 14.6. The molecule has 0 aromatic carbocycles. The maximum absolute atomic E-state index is 12.3. The number of allylic oxidation sites excluding steroid dienone is 3. The first kappa shape index (κ1) is 18.1. The van der Waals surface area contributed by atoms with E-state index in [4.69, 9.17) is 4.43 Å². The Morgan fingerprint density at radius 2 is 1.96 bits per heavy atom. The van der Waals surface area contributed by atoms with Crippen LogP contribution in [0, 0.1) is 17.3 Å². The topological polar surface area (TPSA) is 26.3 Å². The van der Waals surface area contributed by atoms with E-state index in [0.717, 1.165) is 25.7 Å². The van der Waals surface area contributed by atoms with Crippen LogP contribution in [0.4, 0.5) is 0 Å². The summed E-state index contributed by atoms with van der Waals surface area (Å²) in [7, 11) is -1.84. The van der Waals surface area contributed by atoms with Crippen LogP contribution in [0.2, 0.25) is 18.1 Å². The fourth-order valence-electron chi connectivity index (χ4n) is 4.64. The SMILES string of the molecule is C[C@@H]1C[C@@]23CC=CC[C@@H](CCC2=CC1=O)[C@@H]3O[Si](C)(C)C(C)(C)C. The minimum Gasteiger partial charge on any atom is -0.413 e. The van der Waals surface area contributed by atoms with Gasteiger partial charge in [0.2, 0.25) is 0 Å². The summed E-state index contributed by atoms with van der Waals surface area (Å²) in [5, 5.41) is 0.220. The first-order valence-electron chi connectivity index (χ1n) is 9.64. The van der Waals surface area contributed by atoms with Crippen molar-refractivity contribution in [1.82, 2.24) is 0 Å². The summed E-state index contributed by atoms with van der Waals surface area (Å²) < 4.78 is 7.08. The maximum atomic E-state index is 12.3. The van der Waals surface area contributed by atoms with Crippen LogP contribution >= 0.6 is 0 Å². The van der Waals surface area contributed by atoms with Gasteiger partial charge in [-0.3, -0.25) is 4.79 Å². The molecule has 4 atom stereocenters. The minimum absolute atomic E-state index is 0.0682. The second-order valence-electron chi connectivity index (χ2n) is 9.84. The van der Waals surface area contributed by atoms with Crippen LogP contribution in [0.25, 0.3) is 0 Å². The second kappa shape index (κ2) is 5.95. The standard InChI is InChI=1S/C21H34O2Si/c1-15-14-21-12-8-7-9-16(10-11-17(21)13-18(15)22)19(21)23-24(5,6)20(2,3)4/h7-8,13,15-16,19H,9-12,14H2,1-6H3/t15-,16+,19+,21+/m1/s1. The normalized spacial score (nSPS) is 36.8. The molecule has 2 nitrogen and oxygen atoms in total. The molecule has 0 aromatic heterocycles. The van der Waals surface area contributed by atoms with Crippen LogP contribution < -0.4 is 0 Å². The lowest BCUT2D eigenvalue weighted by atomic mass is 9.57. The van der Waals surface area contributed by atoms with E-state index in [2.05, 4.69) is 52.9 Å². The largest absolute Gasteiger partial charge is 0.413 e. The molecule has 1 spiro atoms. The summed E-state index contributed by atoms with van der Waals surface area (Å²) in [5.74, 6) is 1.06. The zero-order valence-corrected chi connectivity index (χ0v) is 17.3. The Morgan fingerprint density at radius 3 is 2.62 bits per heavy atom. The van der Waals surface area contributed by atoms with Crippen molar-refractivity contribution >= 4 is 14.1 Å². The van der Waals surface area contributed by atoms with Gasteiger partial charge < -0.3 is 4.43 Å². The summed E-state index contributed by atoms with van der Waals surface area (Å²) in [6.07, 6.45) is 12.4. The van der Waals surface area contributed by atoms with Gasteiger partial charge >= 0.3 is 0 Å². The monoisotopic (exact) mass is 346 g/mol. The first-order valence-corrected chi connectivity index (χ1v) is 12.6. The van der Waals surface area contributed by atoms with Crippen molar-refractivity contribution in [3.8, 4) is 0 Å². The number of carbonyl (C=O) groups excluding carboxylic acids is 1. The third-order valence-electron chi connectivity index (χ3n) is 7.18. The van der Waals surface area contributed by atoms with E-state index >= 15 is 0 Å². The van der Waals surface area contributed by atoms with Crippen molar-refractivity contribution in [3.63, 3.8) is 0 Å². The van der Waals surface area contributed by atoms with Crippen molar-refractivity contribution in [2.75, 3.05) is 0 Å². The summed E-state index contributed by atoms with van der Waals surface area (Å²) in [5.41, 5.74) is 1.45. The predicted octanol–water partition coefficient (Wildman–Crippen LogP) is 5.66. The lowest BCUT2D eigenvalue weighted by Gasteiger charge is -2.54. The van der Waals surface area contributed by atoms with Gasteiger partial charge in [-0.2, -0.15) is 0 Å². The number of ketones is 1. The lowest BCUT2D eigenvalue weighted by molar-refractivity contribution is -0.121. The molecule has 1 fully saturated rings. The van der Waals surface area contributed by atoms with E-state index in [0.29, 0.717) is 11.7 Å². The summed E-state index contributed by atoms with van der Waals surface area (Å²) in [4.78, 5) is 12.3. The van der Waals surface area contributed by atoms with Gasteiger partial charge in [0.15, 0.2) is 14.1 Å². The van der Waals surface area contributed by atoms with Gasteiger partial charge in [0.05, 0.1) is 6.10 Å². The summed E-state index contributed by atoms with van der Waals surface area (Å²) in [6, 6.07) is 0. The molecule has 3 heteroatoms. The van der Waals surface area contributed by atoms with Gasteiger partial charge in [-0.25, -0.2) is 0 Å². The highest BCUT2D eigenvalue weighted by atomic mass is 28.4. The number of carbonyl (C=O) groups is 1. The van der Waals surface area contributed by atoms with E-state index in [1.165, 1.54) is 12.0 Å². The molecule has 3 rings (SSSR count). The quantitative estimate of drug-likeness (QED) is 0.476. The van der Waals surface area contributed by atoms with Crippen molar-refractivity contribution in [2.24, 2.45) is 17.3 Å². The Bertz CT molecular complexity index is 581. The third-order valence-corrected chi connectivity index (χ3v) is 11.6. The average molecular weight is 347 g/mol. The van der Waals surface area contributed by atoms with Crippen molar-refractivity contribution in [3.05, 3.63) is 23.8 Å². The van der Waals surface area contributed by atoms with Gasteiger partial charge in [-0.1, -0.05) is 45.4 Å². The number of hydrogen-bond donors (Lipinski definition) is 0. The van der Waals surface area contributed by atoms with Crippen molar-refractivity contribution in [2.45, 2.75) is 84.0 Å². The van der Waals surface area contributed by atoms with Crippen molar-refractivity contribution in [1.29, 1.82) is 0 Å². The van der Waals surface area contributed by atoms with Crippen LogP contribution in [0.3, 0.4) is 0 Å². The van der Waals surface area contributed by atoms with Crippen LogP contribution in [0.1, 0.15) is 59.8 Å². The molecule has 3 aliphatic carbocycles. The molecule has 2 bridgehead atoms. The van der Waals surface area contributed by atoms with Gasteiger partial charge in [-0.05, 0) is 62.2 Å². The minimum atomic E-state index is -1.84. The number of hydrogen-bond acceptors (Lipinski definition) is 2. The first-order chi connectivity index (χ1) is 11.1. The highest BCUT2D eigenvalue weighted by Gasteiger charge is 2.54.